The van der Waals surface area contributed by atoms with Gasteiger partial charge in [0.1, 0.15) is 5.69 Å². The van der Waals surface area contributed by atoms with Crippen LogP contribution in [0.15, 0.2) is 12.1 Å². The van der Waals surface area contributed by atoms with Crippen LogP contribution in [-0.4, -0.2) is 4.98 Å². The van der Waals surface area contributed by atoms with Crippen LogP contribution in [-0.2, 0) is 0 Å². The van der Waals surface area contributed by atoms with Crippen LogP contribution in [0.3, 0.4) is 0 Å². The number of halogens is 4. The van der Waals surface area contributed by atoms with Crippen molar-refractivity contribution in [2.45, 2.75) is 6.43 Å². The zero-order valence-electron chi connectivity index (χ0n) is 5.19. The van der Waals surface area contributed by atoms with Crippen molar-refractivity contribution in [3.63, 3.8) is 0 Å². The largest absolute Gasteiger partial charge is 0.280 e. The third-order valence-electron chi connectivity index (χ3n) is 1.05. The minimum absolute atomic E-state index is 0.517. The predicted octanol–water partition coefficient (Wildman–Crippen LogP) is 2.81. The molecule has 0 atom stereocenters. The van der Waals surface area contributed by atoms with Crippen LogP contribution in [0.2, 0.25) is 5.15 Å². The van der Waals surface area contributed by atoms with Gasteiger partial charge in [-0.1, -0.05) is 11.6 Å². The number of aromatic nitrogens is 1. The summed E-state index contributed by atoms with van der Waals surface area (Å²) in [4.78, 5) is 3.11. The molecule has 0 N–H and O–H groups in total. The molecule has 0 unspecified atom stereocenters. The van der Waals surface area contributed by atoms with E-state index in [1.807, 2.05) is 0 Å². The molecule has 0 amide bonds. The lowest BCUT2D eigenvalue weighted by molar-refractivity contribution is 0.146. The van der Waals surface area contributed by atoms with Crippen LogP contribution in [0, 0.1) is 5.82 Å². The second-order valence-corrected chi connectivity index (χ2v) is 2.17. The number of hydrogen-bond acceptors (Lipinski definition) is 1. The lowest BCUT2D eigenvalue weighted by Gasteiger charge is -1.98. The molecule has 1 rings (SSSR count). The first-order valence-electron chi connectivity index (χ1n) is 2.71. The first-order chi connectivity index (χ1) is 5.11. The van der Waals surface area contributed by atoms with Gasteiger partial charge in [0.2, 0.25) is 0 Å². The summed E-state index contributed by atoms with van der Waals surface area (Å²) in [6.07, 6.45) is -2.71. The van der Waals surface area contributed by atoms with E-state index in [4.69, 9.17) is 11.6 Å². The summed E-state index contributed by atoms with van der Waals surface area (Å²) < 4.78 is 36.0. The zero-order chi connectivity index (χ0) is 8.43. The second-order valence-electron chi connectivity index (χ2n) is 1.81. The molecule has 0 radical (unpaired) electrons. The highest BCUT2D eigenvalue weighted by atomic mass is 35.5. The molecule has 11 heavy (non-hydrogen) atoms. The number of hydrogen-bond donors (Lipinski definition) is 0. The monoisotopic (exact) mass is 181 g/mol. The van der Waals surface area contributed by atoms with Gasteiger partial charge >= 0.3 is 0 Å². The Kier molecular flexibility index (Phi) is 2.34. The van der Waals surface area contributed by atoms with Crippen LogP contribution < -0.4 is 0 Å². The van der Waals surface area contributed by atoms with Crippen molar-refractivity contribution >= 4 is 11.6 Å². The lowest BCUT2D eigenvalue weighted by atomic mass is 10.3. The highest BCUT2D eigenvalue weighted by Crippen LogP contribution is 2.19. The van der Waals surface area contributed by atoms with E-state index in [1.54, 1.807) is 0 Å². The van der Waals surface area contributed by atoms with Crippen molar-refractivity contribution in [1.29, 1.82) is 0 Å². The molecule has 1 nitrogen and oxygen atoms in total. The fourth-order valence-corrected chi connectivity index (χ4v) is 0.713. The average molecular weight is 182 g/mol. The van der Waals surface area contributed by atoms with Crippen molar-refractivity contribution in [3.05, 3.63) is 28.8 Å². The standard InChI is InChI=1S/C6H3ClF3N/c7-5-3(8)1-2-4(11-5)6(9)10/h1-2,6H. The maximum absolute atomic E-state index is 12.3. The highest BCUT2D eigenvalue weighted by Gasteiger charge is 2.10. The third-order valence-corrected chi connectivity index (χ3v) is 1.31. The molecule has 0 saturated carbocycles. The quantitative estimate of drug-likeness (QED) is 0.607. The van der Waals surface area contributed by atoms with Gasteiger partial charge in [-0.05, 0) is 12.1 Å². The minimum Gasteiger partial charge on any atom is -0.232 e. The van der Waals surface area contributed by atoms with Gasteiger partial charge in [0.25, 0.3) is 6.43 Å². The van der Waals surface area contributed by atoms with Crippen molar-refractivity contribution in [2.75, 3.05) is 0 Å². The Labute approximate surface area is 65.8 Å². The smallest absolute Gasteiger partial charge is 0.232 e. The van der Waals surface area contributed by atoms with Gasteiger partial charge < -0.3 is 0 Å². The van der Waals surface area contributed by atoms with Crippen LogP contribution in [0.25, 0.3) is 0 Å². The van der Waals surface area contributed by atoms with Gasteiger partial charge in [-0.2, -0.15) is 0 Å². The van der Waals surface area contributed by atoms with Crippen molar-refractivity contribution in [3.8, 4) is 0 Å². The van der Waals surface area contributed by atoms with Crippen molar-refractivity contribution in [1.82, 2.24) is 4.98 Å². The number of pyridine rings is 1. The van der Waals surface area contributed by atoms with Gasteiger partial charge in [-0.3, -0.25) is 0 Å². The Hall–Kier alpha value is -0.770. The normalized spacial score (nSPS) is 10.6. The van der Waals surface area contributed by atoms with Gasteiger partial charge in [0, 0.05) is 0 Å². The molecule has 0 fully saturated rings. The summed E-state index contributed by atoms with van der Waals surface area (Å²) in [7, 11) is 0. The van der Waals surface area contributed by atoms with E-state index in [2.05, 4.69) is 4.98 Å². The molecule has 1 aromatic heterocycles. The molecular formula is C6H3ClF3N. The van der Waals surface area contributed by atoms with Gasteiger partial charge in [0.05, 0.1) is 0 Å². The molecule has 60 valence electrons. The van der Waals surface area contributed by atoms with Gasteiger partial charge in [0.15, 0.2) is 11.0 Å². The molecule has 0 saturated heterocycles. The summed E-state index contributed by atoms with van der Waals surface area (Å²) >= 11 is 5.14. The Bertz CT molecular complexity index is 264. The topological polar surface area (TPSA) is 12.9 Å². The summed E-state index contributed by atoms with van der Waals surface area (Å²) in [5.74, 6) is -0.795. The fourth-order valence-electron chi connectivity index (χ4n) is 0.553. The molecule has 5 heteroatoms. The minimum atomic E-state index is -2.71. The van der Waals surface area contributed by atoms with E-state index in [0.717, 1.165) is 12.1 Å². The van der Waals surface area contributed by atoms with Crippen molar-refractivity contribution < 1.29 is 13.2 Å². The Morgan fingerprint density at radius 3 is 2.45 bits per heavy atom. The molecule has 0 aliphatic rings. The fraction of sp³-hybridized carbons (Fsp3) is 0.167. The molecule has 0 aromatic carbocycles. The van der Waals surface area contributed by atoms with E-state index < -0.39 is 23.1 Å². The van der Waals surface area contributed by atoms with Crippen LogP contribution in [0.5, 0.6) is 0 Å². The maximum Gasteiger partial charge on any atom is 0.280 e. The summed E-state index contributed by atoms with van der Waals surface area (Å²) in [5.41, 5.74) is -0.517. The van der Waals surface area contributed by atoms with E-state index in [-0.39, 0.29) is 0 Å². The molecule has 1 aromatic rings. The average Bonchev–Trinajstić information content (AvgIpc) is 1.94. The highest BCUT2D eigenvalue weighted by molar-refractivity contribution is 6.29. The third kappa shape index (κ3) is 1.83. The molecule has 0 aliphatic heterocycles. The first kappa shape index (κ1) is 8.33. The summed E-state index contributed by atoms with van der Waals surface area (Å²) in [6, 6.07) is 1.75. The second kappa shape index (κ2) is 3.09. The van der Waals surface area contributed by atoms with Crippen molar-refractivity contribution in [2.24, 2.45) is 0 Å². The lowest BCUT2D eigenvalue weighted by Crippen LogP contribution is -1.91. The predicted molar refractivity (Wildman–Crippen MR) is 34.2 cm³/mol. The van der Waals surface area contributed by atoms with E-state index in [1.165, 1.54) is 0 Å². The Morgan fingerprint density at radius 1 is 1.36 bits per heavy atom. The molecule has 1 heterocycles. The maximum atomic E-state index is 12.3. The Balaban J connectivity index is 3.05. The summed E-state index contributed by atoms with van der Waals surface area (Å²) in [5, 5.41) is -0.525. The Morgan fingerprint density at radius 2 is 2.00 bits per heavy atom. The SMILES string of the molecule is Fc1ccc(C(F)F)nc1Cl. The number of rotatable bonds is 1. The van der Waals surface area contributed by atoms with E-state index >= 15 is 0 Å². The van der Waals surface area contributed by atoms with Gasteiger partial charge in [-0.25, -0.2) is 18.2 Å². The van der Waals surface area contributed by atoms with Crippen LogP contribution in [0.1, 0.15) is 12.1 Å². The van der Waals surface area contributed by atoms with E-state index in [0.29, 0.717) is 0 Å². The number of nitrogens with zero attached hydrogens (tertiary/aromatic N) is 1. The summed E-state index contributed by atoms with van der Waals surface area (Å²) in [6.45, 7) is 0. The molecule has 0 bridgehead atoms. The molecule has 0 spiro atoms. The van der Waals surface area contributed by atoms with Gasteiger partial charge in [-0.15, -0.1) is 0 Å². The molecular weight excluding hydrogens is 179 g/mol. The number of alkyl halides is 2. The first-order valence-corrected chi connectivity index (χ1v) is 3.09. The van der Waals surface area contributed by atoms with Crippen LogP contribution >= 0.6 is 11.6 Å². The zero-order valence-corrected chi connectivity index (χ0v) is 5.95. The molecule has 0 aliphatic carbocycles. The van der Waals surface area contributed by atoms with E-state index in [9.17, 15) is 13.2 Å². The van der Waals surface area contributed by atoms with Crippen LogP contribution in [0.4, 0.5) is 13.2 Å².